The van der Waals surface area contributed by atoms with Gasteiger partial charge in [0.2, 0.25) is 0 Å². The fraction of sp³-hybridized carbons (Fsp3) is 0.550. The van der Waals surface area contributed by atoms with Gasteiger partial charge in [-0.1, -0.05) is 19.3 Å². The molecule has 0 aromatic carbocycles. The molecule has 0 bridgehead atoms. The summed E-state index contributed by atoms with van der Waals surface area (Å²) < 4.78 is 0. The van der Waals surface area contributed by atoms with Gasteiger partial charge in [-0.25, -0.2) is 0 Å². The Morgan fingerprint density at radius 2 is 2.00 bits per heavy atom. The highest BCUT2D eigenvalue weighted by atomic mass is 35.5. The lowest BCUT2D eigenvalue weighted by molar-refractivity contribution is 0.0949. The van der Waals surface area contributed by atoms with E-state index in [1.807, 2.05) is 13.1 Å². The first-order valence-electron chi connectivity index (χ1n) is 9.72. The van der Waals surface area contributed by atoms with Crippen LogP contribution in [0.1, 0.15) is 76.5 Å². The van der Waals surface area contributed by atoms with Crippen molar-refractivity contribution in [1.29, 1.82) is 0 Å². The summed E-state index contributed by atoms with van der Waals surface area (Å²) in [6.07, 6.45) is 10.7. The van der Waals surface area contributed by atoms with Gasteiger partial charge in [-0.3, -0.25) is 14.9 Å². The van der Waals surface area contributed by atoms with Gasteiger partial charge >= 0.3 is 0 Å². The molecule has 1 fully saturated rings. The Bertz CT molecular complexity index is 802. The fourth-order valence-electron chi connectivity index (χ4n) is 4.32. The van der Waals surface area contributed by atoms with Crippen LogP contribution in [0.15, 0.2) is 12.4 Å². The van der Waals surface area contributed by atoms with Crippen molar-refractivity contribution < 1.29 is 4.79 Å². The van der Waals surface area contributed by atoms with E-state index in [0.29, 0.717) is 18.0 Å². The van der Waals surface area contributed by atoms with Crippen molar-refractivity contribution >= 4 is 30.7 Å². The second kappa shape index (κ2) is 10.2. The molecule has 0 atom stereocenters. The number of hydrogen-bond donors (Lipinski definition) is 3. The van der Waals surface area contributed by atoms with Crippen LogP contribution < -0.4 is 10.6 Å². The first-order valence-corrected chi connectivity index (χ1v) is 9.72. The molecule has 0 unspecified atom stereocenters. The topological polar surface area (TPSA) is 82.7 Å². The molecule has 3 heterocycles. The van der Waals surface area contributed by atoms with Gasteiger partial charge in [0.25, 0.3) is 5.91 Å². The standard InChI is InChI=1S/C20H27N5O.2ClH/c1-13-17(16-7-8-21-9-15(16)10-22-13)11-23-20(26)18-12-24-25-19(18)14-5-3-2-4-6-14;;/h10,12,14,21H,2-9,11H2,1H3,(H,23,26)(H,24,25);2*1H. The lowest BCUT2D eigenvalue weighted by Crippen LogP contribution is -2.29. The lowest BCUT2D eigenvalue weighted by atomic mass is 9.85. The van der Waals surface area contributed by atoms with E-state index in [9.17, 15) is 4.79 Å². The number of carbonyl (C=O) groups excluding carboxylic acids is 1. The predicted octanol–water partition coefficient (Wildman–Crippen LogP) is 3.58. The monoisotopic (exact) mass is 425 g/mol. The van der Waals surface area contributed by atoms with Crippen molar-refractivity contribution in [1.82, 2.24) is 25.8 Å². The van der Waals surface area contributed by atoms with Crippen LogP contribution in [0.25, 0.3) is 0 Å². The van der Waals surface area contributed by atoms with Crippen molar-refractivity contribution in [2.24, 2.45) is 0 Å². The number of aromatic nitrogens is 3. The smallest absolute Gasteiger partial charge is 0.255 e. The average molecular weight is 426 g/mol. The summed E-state index contributed by atoms with van der Waals surface area (Å²) in [7, 11) is 0. The molecule has 1 aliphatic heterocycles. The number of aromatic amines is 1. The molecule has 3 N–H and O–H groups in total. The van der Waals surface area contributed by atoms with Gasteiger partial charge in [-0.2, -0.15) is 5.10 Å². The Labute approximate surface area is 178 Å². The minimum atomic E-state index is -0.0368. The van der Waals surface area contributed by atoms with Gasteiger partial charge in [0.15, 0.2) is 0 Å². The normalized spacial score (nSPS) is 16.5. The summed E-state index contributed by atoms with van der Waals surface area (Å²) >= 11 is 0. The highest BCUT2D eigenvalue weighted by Crippen LogP contribution is 2.33. The van der Waals surface area contributed by atoms with E-state index in [1.54, 1.807) is 6.20 Å². The summed E-state index contributed by atoms with van der Waals surface area (Å²) in [5.41, 5.74) is 6.48. The number of nitrogens with one attached hydrogen (secondary N) is 3. The van der Waals surface area contributed by atoms with Crippen LogP contribution in [0, 0.1) is 6.92 Å². The Hall–Kier alpha value is -1.63. The first kappa shape index (κ1) is 22.7. The van der Waals surface area contributed by atoms with Crippen LogP contribution >= 0.6 is 24.8 Å². The maximum atomic E-state index is 12.8. The minimum absolute atomic E-state index is 0. The fourth-order valence-corrected chi connectivity index (χ4v) is 4.32. The molecule has 8 heteroatoms. The number of fused-ring (bicyclic) bond motifs is 1. The molecule has 2 aliphatic rings. The van der Waals surface area contributed by atoms with E-state index in [1.165, 1.54) is 36.0 Å². The quantitative estimate of drug-likeness (QED) is 0.698. The zero-order valence-corrected chi connectivity index (χ0v) is 17.8. The molecule has 28 heavy (non-hydrogen) atoms. The van der Waals surface area contributed by atoms with Crippen molar-refractivity contribution in [2.75, 3.05) is 6.54 Å². The van der Waals surface area contributed by atoms with Gasteiger partial charge in [0, 0.05) is 30.9 Å². The first-order chi connectivity index (χ1) is 12.7. The van der Waals surface area contributed by atoms with Crippen LogP contribution in [-0.2, 0) is 19.5 Å². The third kappa shape index (κ3) is 4.67. The molecule has 154 valence electrons. The molecule has 0 radical (unpaired) electrons. The number of nitrogens with zero attached hydrogens (tertiary/aromatic N) is 2. The molecule has 0 saturated heterocycles. The van der Waals surface area contributed by atoms with E-state index in [0.717, 1.165) is 43.7 Å². The maximum absolute atomic E-state index is 12.8. The second-order valence-electron chi connectivity index (χ2n) is 7.47. The van der Waals surface area contributed by atoms with Crippen LogP contribution in [0.5, 0.6) is 0 Å². The van der Waals surface area contributed by atoms with Crippen molar-refractivity contribution in [3.05, 3.63) is 46.0 Å². The summed E-state index contributed by atoms with van der Waals surface area (Å²) in [5.74, 6) is 0.399. The van der Waals surface area contributed by atoms with E-state index >= 15 is 0 Å². The zero-order valence-electron chi connectivity index (χ0n) is 16.2. The SMILES string of the molecule is Cc1ncc2c(c1CNC(=O)c1cn[nH]c1C1CCCCC1)CCNC2.Cl.Cl. The third-order valence-corrected chi connectivity index (χ3v) is 5.82. The molecule has 0 spiro atoms. The molecule has 2 aromatic rings. The number of hydrogen-bond acceptors (Lipinski definition) is 4. The number of H-pyrrole nitrogens is 1. The van der Waals surface area contributed by atoms with E-state index in [4.69, 9.17) is 0 Å². The van der Waals surface area contributed by atoms with Crippen LogP contribution in [-0.4, -0.2) is 27.6 Å². The Balaban J connectivity index is 0.00000140. The summed E-state index contributed by atoms with van der Waals surface area (Å²) in [4.78, 5) is 17.3. The second-order valence-corrected chi connectivity index (χ2v) is 7.47. The highest BCUT2D eigenvalue weighted by Gasteiger charge is 2.24. The van der Waals surface area contributed by atoms with Gasteiger partial charge in [0.1, 0.15) is 0 Å². The van der Waals surface area contributed by atoms with Crippen molar-refractivity contribution in [3.8, 4) is 0 Å². The van der Waals surface area contributed by atoms with Crippen LogP contribution in [0.3, 0.4) is 0 Å². The minimum Gasteiger partial charge on any atom is -0.348 e. The van der Waals surface area contributed by atoms with E-state index in [-0.39, 0.29) is 30.7 Å². The highest BCUT2D eigenvalue weighted by molar-refractivity contribution is 5.95. The molecule has 6 nitrogen and oxygen atoms in total. The van der Waals surface area contributed by atoms with Gasteiger partial charge in [0.05, 0.1) is 17.5 Å². The molecule has 1 saturated carbocycles. The Kier molecular flexibility index (Phi) is 8.28. The number of aryl methyl sites for hydroxylation is 1. The van der Waals surface area contributed by atoms with Gasteiger partial charge < -0.3 is 10.6 Å². The summed E-state index contributed by atoms with van der Waals surface area (Å²) in [5, 5.41) is 13.7. The molecule has 2 aromatic heterocycles. The van der Waals surface area contributed by atoms with E-state index < -0.39 is 0 Å². The molecule has 1 amide bonds. The van der Waals surface area contributed by atoms with Crippen molar-refractivity contribution in [3.63, 3.8) is 0 Å². The molecular weight excluding hydrogens is 397 g/mol. The Morgan fingerprint density at radius 1 is 1.21 bits per heavy atom. The zero-order chi connectivity index (χ0) is 17.9. The number of pyridine rings is 1. The number of halogens is 2. The molecular formula is C20H29Cl2N5O. The van der Waals surface area contributed by atoms with Crippen LogP contribution in [0.4, 0.5) is 0 Å². The Morgan fingerprint density at radius 3 is 2.79 bits per heavy atom. The number of carbonyl (C=O) groups is 1. The van der Waals surface area contributed by atoms with Gasteiger partial charge in [-0.15, -0.1) is 24.8 Å². The van der Waals surface area contributed by atoms with Crippen molar-refractivity contribution in [2.45, 2.75) is 64.5 Å². The van der Waals surface area contributed by atoms with Crippen LogP contribution in [0.2, 0.25) is 0 Å². The predicted molar refractivity (Wildman–Crippen MR) is 114 cm³/mol. The number of amides is 1. The largest absolute Gasteiger partial charge is 0.348 e. The maximum Gasteiger partial charge on any atom is 0.255 e. The number of rotatable bonds is 4. The molecule has 1 aliphatic carbocycles. The average Bonchev–Trinajstić information content (AvgIpc) is 3.18. The lowest BCUT2D eigenvalue weighted by Gasteiger charge is -2.22. The molecule has 4 rings (SSSR count). The third-order valence-electron chi connectivity index (χ3n) is 5.82. The van der Waals surface area contributed by atoms with Gasteiger partial charge in [-0.05, 0) is 49.4 Å². The van der Waals surface area contributed by atoms with E-state index in [2.05, 4.69) is 25.8 Å². The summed E-state index contributed by atoms with van der Waals surface area (Å²) in [6.45, 7) is 4.38. The summed E-state index contributed by atoms with van der Waals surface area (Å²) in [6, 6.07) is 0.